The van der Waals surface area contributed by atoms with Crippen molar-refractivity contribution >= 4 is 22.3 Å². The first-order valence-electron chi connectivity index (χ1n) is 12.4. The maximum atomic E-state index is 15.1. The fraction of sp³-hybridized carbons (Fsp3) is 0.320. The van der Waals surface area contributed by atoms with E-state index in [0.29, 0.717) is 12.4 Å². The maximum absolute atomic E-state index is 15.1. The third kappa shape index (κ3) is 6.92. The summed E-state index contributed by atoms with van der Waals surface area (Å²) in [4.78, 5) is 31.9. The number of aryl methyl sites for hydroxylation is 1. The van der Waals surface area contributed by atoms with Gasteiger partial charge in [-0.3, -0.25) is 9.59 Å². The number of rotatable bonds is 11. The zero-order valence-corrected chi connectivity index (χ0v) is 21.9. The van der Waals surface area contributed by atoms with E-state index in [0.717, 1.165) is 10.6 Å². The number of anilines is 2. The van der Waals surface area contributed by atoms with E-state index in [-0.39, 0.29) is 24.8 Å². The van der Waals surface area contributed by atoms with E-state index in [1.54, 1.807) is 5.10 Å². The number of nitrogens with zero attached hydrogens (tertiary/aromatic N) is 4. The van der Waals surface area contributed by atoms with Crippen LogP contribution < -0.4 is 22.2 Å². The number of nitrogen functional groups attached to an aromatic ring is 1. The van der Waals surface area contributed by atoms with Crippen LogP contribution in [-0.4, -0.2) is 44.0 Å². The highest BCUT2D eigenvalue weighted by Gasteiger charge is 2.38. The van der Waals surface area contributed by atoms with Gasteiger partial charge in [0.15, 0.2) is 17.5 Å². The molecule has 1 unspecified atom stereocenters. The summed E-state index contributed by atoms with van der Waals surface area (Å²) >= 11 is 0. The van der Waals surface area contributed by atoms with E-state index in [4.69, 9.17) is 5.73 Å². The van der Waals surface area contributed by atoms with E-state index in [1.807, 2.05) is 0 Å². The zero-order chi connectivity index (χ0) is 32.3. The number of aromatic nitrogens is 5. The van der Waals surface area contributed by atoms with Crippen molar-refractivity contribution in [2.24, 2.45) is 0 Å². The third-order valence-electron chi connectivity index (χ3n) is 6.34. The fourth-order valence-corrected chi connectivity index (χ4v) is 4.32. The van der Waals surface area contributed by atoms with Crippen LogP contribution in [0.15, 0.2) is 40.3 Å². The van der Waals surface area contributed by atoms with E-state index < -0.39 is 94.0 Å². The molecule has 0 radical (unpaired) electrons. The van der Waals surface area contributed by atoms with Gasteiger partial charge in [-0.25, -0.2) is 32.6 Å². The summed E-state index contributed by atoms with van der Waals surface area (Å²) in [5.74, 6) is -4.32. The number of alkyl halides is 7. The molecule has 0 saturated heterocycles. The van der Waals surface area contributed by atoms with Gasteiger partial charge in [0.1, 0.15) is 11.4 Å². The number of H-pyrrole nitrogens is 1. The minimum absolute atomic E-state index is 0.0700. The number of hydrogen-bond acceptors (Lipinski definition) is 8. The second-order valence-electron chi connectivity index (χ2n) is 9.23. The van der Waals surface area contributed by atoms with Crippen molar-refractivity contribution in [3.8, 4) is 11.4 Å². The molecule has 4 rings (SSSR count). The molecule has 0 saturated carbocycles. The number of aromatic amines is 1. The summed E-state index contributed by atoms with van der Waals surface area (Å²) in [5.41, 5.74) is -0.830. The minimum Gasteiger partial charge on any atom is -0.383 e. The van der Waals surface area contributed by atoms with Gasteiger partial charge in [-0.05, 0) is 30.4 Å². The molecule has 0 aliphatic rings. The van der Waals surface area contributed by atoms with Crippen molar-refractivity contribution in [1.82, 2.24) is 24.7 Å². The third-order valence-corrected chi connectivity index (χ3v) is 6.34. The van der Waals surface area contributed by atoms with Gasteiger partial charge >= 0.3 is 12.8 Å². The molecule has 0 spiro atoms. The number of nitrogens with two attached hydrogens (primary N) is 1. The Balaban J connectivity index is 1.58. The normalized spacial score (nSPS) is 12.8. The Morgan fingerprint density at radius 1 is 1.09 bits per heavy atom. The lowest BCUT2D eigenvalue weighted by Crippen LogP contribution is -2.32. The lowest BCUT2D eigenvalue weighted by Gasteiger charge is -2.22. The lowest BCUT2D eigenvalue weighted by molar-refractivity contribution is -0.138. The van der Waals surface area contributed by atoms with Crippen LogP contribution in [0, 0.1) is 11.6 Å². The Morgan fingerprint density at radius 2 is 1.82 bits per heavy atom. The van der Waals surface area contributed by atoms with Crippen molar-refractivity contribution in [2.45, 2.75) is 44.6 Å². The second kappa shape index (κ2) is 12.9. The van der Waals surface area contributed by atoms with E-state index in [2.05, 4.69) is 25.1 Å². The molecule has 44 heavy (non-hydrogen) atoms. The molecule has 0 bridgehead atoms. The molecule has 4 N–H and O–H groups in total. The average Bonchev–Trinajstić information content (AvgIpc) is 2.93. The van der Waals surface area contributed by atoms with Crippen LogP contribution in [0.25, 0.3) is 22.2 Å². The van der Waals surface area contributed by atoms with Crippen LogP contribution in [0.5, 0.6) is 0 Å². The molecule has 236 valence electrons. The summed E-state index contributed by atoms with van der Waals surface area (Å²) < 4.78 is 127. The summed E-state index contributed by atoms with van der Waals surface area (Å²) in [6.45, 7) is -4.30. The molecule has 19 heteroatoms. The summed E-state index contributed by atoms with van der Waals surface area (Å²) in [5, 5.41) is 6.44. The topological polar surface area (TPSA) is 141 Å². The number of hydrogen-bond donors (Lipinski definition) is 3. The SMILES string of the molecule is Nc1nc(-c2cc3ccn(CCCC(COC(F)F)Nc4cn[nH]c(=O)c4C(F)(F)F)c(=O)c3c(F)c2F)ncc1C(F)F. The van der Waals surface area contributed by atoms with Gasteiger partial charge < -0.3 is 20.4 Å². The lowest BCUT2D eigenvalue weighted by atomic mass is 10.1. The highest BCUT2D eigenvalue weighted by Crippen LogP contribution is 2.32. The highest BCUT2D eigenvalue weighted by molar-refractivity contribution is 5.86. The van der Waals surface area contributed by atoms with Gasteiger partial charge in [-0.2, -0.15) is 27.1 Å². The molecule has 3 heterocycles. The van der Waals surface area contributed by atoms with Crippen molar-refractivity contribution in [3.05, 3.63) is 74.2 Å². The standard InChI is InChI=1S/C25H20F9N7O3/c26-17-12(21-36-7-13(19(28)29)20(35)39-21)6-10-3-5-41(23(43)15(10)18(17)27)4-1-2-11(9-44-24(30)31)38-14-8-37-40-22(42)16(14)25(32,33)34/h3,5-8,11,19,24H,1-2,4,9H2,(H2,35,36,39)(H2,38,40,42). The largest absolute Gasteiger partial charge is 0.423 e. The summed E-state index contributed by atoms with van der Waals surface area (Å²) in [6.07, 6.45) is -5.89. The van der Waals surface area contributed by atoms with E-state index in [1.165, 1.54) is 12.3 Å². The Morgan fingerprint density at radius 3 is 2.45 bits per heavy atom. The predicted molar refractivity (Wildman–Crippen MR) is 137 cm³/mol. The van der Waals surface area contributed by atoms with Crippen molar-refractivity contribution in [3.63, 3.8) is 0 Å². The number of ether oxygens (including phenoxy) is 1. The number of benzene rings is 1. The Hall–Kier alpha value is -4.68. The molecular formula is C25H20F9N7O3. The molecule has 1 atom stereocenters. The van der Waals surface area contributed by atoms with Crippen molar-refractivity contribution in [2.75, 3.05) is 17.7 Å². The van der Waals surface area contributed by atoms with Crippen LogP contribution in [0.1, 0.15) is 30.4 Å². The van der Waals surface area contributed by atoms with Crippen LogP contribution >= 0.6 is 0 Å². The first-order chi connectivity index (χ1) is 20.7. The molecule has 0 aliphatic heterocycles. The van der Waals surface area contributed by atoms with Crippen LogP contribution in [-0.2, 0) is 17.5 Å². The minimum atomic E-state index is -5.11. The zero-order valence-electron chi connectivity index (χ0n) is 21.9. The van der Waals surface area contributed by atoms with Gasteiger partial charge in [-0.15, -0.1) is 0 Å². The molecule has 0 fully saturated rings. The van der Waals surface area contributed by atoms with Gasteiger partial charge in [0, 0.05) is 25.0 Å². The van der Waals surface area contributed by atoms with E-state index in [9.17, 15) is 44.7 Å². The number of halogens is 9. The quantitative estimate of drug-likeness (QED) is 0.198. The molecule has 4 aromatic rings. The van der Waals surface area contributed by atoms with Crippen molar-refractivity contribution in [1.29, 1.82) is 0 Å². The van der Waals surface area contributed by atoms with Gasteiger partial charge in [0.25, 0.3) is 17.5 Å². The van der Waals surface area contributed by atoms with Crippen LogP contribution in [0.4, 0.5) is 51.0 Å². The fourth-order valence-electron chi connectivity index (χ4n) is 4.32. The van der Waals surface area contributed by atoms with Crippen molar-refractivity contribution < 1.29 is 44.3 Å². The predicted octanol–water partition coefficient (Wildman–Crippen LogP) is 4.86. The first kappa shape index (κ1) is 32.2. The molecule has 1 aromatic carbocycles. The van der Waals surface area contributed by atoms with Gasteiger partial charge in [-0.1, -0.05) is 0 Å². The smallest absolute Gasteiger partial charge is 0.383 e. The average molecular weight is 637 g/mol. The highest BCUT2D eigenvalue weighted by atomic mass is 19.4. The Labute approximate surface area is 239 Å². The Kier molecular flexibility index (Phi) is 9.45. The van der Waals surface area contributed by atoms with Gasteiger partial charge in [0.05, 0.1) is 35.0 Å². The Bertz CT molecular complexity index is 1780. The molecule has 10 nitrogen and oxygen atoms in total. The maximum Gasteiger partial charge on any atom is 0.423 e. The second-order valence-corrected chi connectivity index (χ2v) is 9.23. The summed E-state index contributed by atoms with van der Waals surface area (Å²) in [6, 6.07) is 1.02. The van der Waals surface area contributed by atoms with Crippen LogP contribution in [0.2, 0.25) is 0 Å². The molecular weight excluding hydrogens is 617 g/mol. The number of pyridine rings is 1. The van der Waals surface area contributed by atoms with Gasteiger partial charge in [0.2, 0.25) is 0 Å². The molecule has 0 aliphatic carbocycles. The monoisotopic (exact) mass is 637 g/mol. The number of fused-ring (bicyclic) bond motifs is 1. The number of nitrogens with one attached hydrogen (secondary N) is 2. The summed E-state index contributed by atoms with van der Waals surface area (Å²) in [7, 11) is 0. The molecule has 0 amide bonds. The molecule has 3 aromatic heterocycles. The van der Waals surface area contributed by atoms with E-state index >= 15 is 4.39 Å². The first-order valence-corrected chi connectivity index (χ1v) is 12.4. The van der Waals surface area contributed by atoms with Crippen LogP contribution in [0.3, 0.4) is 0 Å².